The zero-order valence-electron chi connectivity index (χ0n) is 20.1. The van der Waals surface area contributed by atoms with Crippen molar-refractivity contribution in [1.82, 2.24) is 4.68 Å². The van der Waals surface area contributed by atoms with Crippen LogP contribution in [0.5, 0.6) is 5.75 Å². The minimum atomic E-state index is -0.182. The molecule has 1 N–H and O–H groups in total. The van der Waals surface area contributed by atoms with Crippen LogP contribution >= 0.6 is 11.3 Å². The summed E-state index contributed by atoms with van der Waals surface area (Å²) in [7, 11) is 0. The van der Waals surface area contributed by atoms with Gasteiger partial charge in [-0.1, -0.05) is 30.3 Å². The van der Waals surface area contributed by atoms with Crippen molar-refractivity contribution in [1.29, 1.82) is 5.26 Å². The normalized spacial score (nSPS) is 13.6. The first kappa shape index (κ1) is 23.3. The maximum absolute atomic E-state index is 11.9. The van der Waals surface area contributed by atoms with Gasteiger partial charge in [0, 0.05) is 10.9 Å². The third kappa shape index (κ3) is 4.57. The number of nitriles is 1. The number of aromatic nitrogens is 1. The molecule has 178 valence electrons. The highest BCUT2D eigenvalue weighted by atomic mass is 32.1. The second-order valence-electron chi connectivity index (χ2n) is 8.49. The number of ether oxygens (including phenoxy) is 1. The number of amides is 1. The number of aryl methyl sites for hydroxylation is 2. The summed E-state index contributed by atoms with van der Waals surface area (Å²) in [6.45, 7) is 6.03. The van der Waals surface area contributed by atoms with E-state index in [4.69, 9.17) is 20.1 Å². The zero-order chi connectivity index (χ0) is 25.2. The third-order valence-electron chi connectivity index (χ3n) is 5.92. The van der Waals surface area contributed by atoms with Crippen LogP contribution in [0.15, 0.2) is 76.1 Å². The van der Waals surface area contributed by atoms with E-state index in [1.54, 1.807) is 12.1 Å². The number of rotatable bonds is 4. The standard InChI is InChI=1S/C28H23N5O2S/c1-17-5-4-6-18(2)27(17)31-28-33(32-19(3)21-9-7-20(14-29)8-10-21)24(16-36-28)22-11-12-25-23(13-22)30-26(34)15-35-25/h4-13,16H,15H2,1-3H3,(H,30,34). The molecule has 7 nitrogen and oxygen atoms in total. The summed E-state index contributed by atoms with van der Waals surface area (Å²) in [4.78, 5) is 17.6. The molecule has 0 radical (unpaired) electrons. The number of nitrogens with zero attached hydrogens (tertiary/aromatic N) is 4. The Labute approximate surface area is 212 Å². The van der Waals surface area contributed by atoms with Gasteiger partial charge in [0.1, 0.15) is 5.75 Å². The van der Waals surface area contributed by atoms with E-state index in [-0.39, 0.29) is 12.5 Å². The predicted molar refractivity (Wildman–Crippen MR) is 142 cm³/mol. The lowest BCUT2D eigenvalue weighted by molar-refractivity contribution is -0.118. The molecular weight excluding hydrogens is 470 g/mol. The van der Waals surface area contributed by atoms with E-state index in [0.29, 0.717) is 21.8 Å². The highest BCUT2D eigenvalue weighted by Gasteiger charge is 2.18. The number of benzene rings is 3. The fourth-order valence-corrected chi connectivity index (χ4v) is 4.82. The molecule has 0 spiro atoms. The van der Waals surface area contributed by atoms with Crippen molar-refractivity contribution in [3.8, 4) is 23.1 Å². The highest BCUT2D eigenvalue weighted by Crippen LogP contribution is 2.33. The molecule has 1 aromatic heterocycles. The van der Waals surface area contributed by atoms with E-state index >= 15 is 0 Å². The number of para-hydroxylation sites is 1. The van der Waals surface area contributed by atoms with Gasteiger partial charge >= 0.3 is 0 Å². The van der Waals surface area contributed by atoms with Crippen LogP contribution in [0.4, 0.5) is 11.4 Å². The molecule has 3 aromatic carbocycles. The van der Waals surface area contributed by atoms with Gasteiger partial charge < -0.3 is 10.1 Å². The Balaban J connectivity index is 1.68. The lowest BCUT2D eigenvalue weighted by Gasteiger charge is -2.18. The summed E-state index contributed by atoms with van der Waals surface area (Å²) in [5.41, 5.74) is 7.69. The van der Waals surface area contributed by atoms with Crippen molar-refractivity contribution < 1.29 is 9.53 Å². The maximum atomic E-state index is 11.9. The fourth-order valence-electron chi connectivity index (χ4n) is 3.99. The first-order chi connectivity index (χ1) is 17.4. The average molecular weight is 494 g/mol. The molecule has 4 aromatic rings. The van der Waals surface area contributed by atoms with Gasteiger partial charge in [-0.15, -0.1) is 11.3 Å². The van der Waals surface area contributed by atoms with Crippen LogP contribution in [-0.4, -0.2) is 22.9 Å². The van der Waals surface area contributed by atoms with E-state index in [1.807, 2.05) is 79.4 Å². The molecule has 2 heterocycles. The zero-order valence-corrected chi connectivity index (χ0v) is 20.9. The summed E-state index contributed by atoms with van der Waals surface area (Å²) in [5, 5.41) is 19.0. The lowest BCUT2D eigenvalue weighted by atomic mass is 10.1. The number of fused-ring (bicyclic) bond motifs is 1. The number of hydrogen-bond donors (Lipinski definition) is 1. The van der Waals surface area contributed by atoms with Crippen molar-refractivity contribution in [3.05, 3.63) is 93.1 Å². The smallest absolute Gasteiger partial charge is 0.262 e. The molecule has 0 fully saturated rings. The minimum absolute atomic E-state index is 0.0116. The van der Waals surface area contributed by atoms with Gasteiger partial charge in [0.2, 0.25) is 4.80 Å². The van der Waals surface area contributed by atoms with Crippen LogP contribution in [0.2, 0.25) is 0 Å². The van der Waals surface area contributed by atoms with Gasteiger partial charge in [0.25, 0.3) is 5.91 Å². The van der Waals surface area contributed by atoms with Crippen LogP contribution < -0.4 is 14.9 Å². The minimum Gasteiger partial charge on any atom is -0.482 e. The molecule has 8 heteroatoms. The molecular formula is C28H23N5O2S. The molecule has 1 aliphatic rings. The van der Waals surface area contributed by atoms with E-state index in [0.717, 1.165) is 39.3 Å². The van der Waals surface area contributed by atoms with Gasteiger partial charge in [-0.05, 0) is 67.8 Å². The summed E-state index contributed by atoms with van der Waals surface area (Å²) in [6, 6.07) is 21.3. The number of hydrogen-bond acceptors (Lipinski definition) is 6. The Morgan fingerprint density at radius 2 is 1.86 bits per heavy atom. The molecule has 0 unspecified atom stereocenters. The predicted octanol–water partition coefficient (Wildman–Crippen LogP) is 5.54. The number of nitrogens with one attached hydrogen (secondary N) is 1. The van der Waals surface area contributed by atoms with Gasteiger partial charge in [0.05, 0.1) is 34.4 Å². The van der Waals surface area contributed by atoms with Crippen LogP contribution in [0.3, 0.4) is 0 Å². The summed E-state index contributed by atoms with van der Waals surface area (Å²) in [5.74, 6) is 0.455. The maximum Gasteiger partial charge on any atom is 0.262 e. The van der Waals surface area contributed by atoms with Crippen molar-refractivity contribution in [3.63, 3.8) is 0 Å². The number of carbonyl (C=O) groups is 1. The molecule has 1 aliphatic heterocycles. The van der Waals surface area contributed by atoms with E-state index in [1.165, 1.54) is 11.3 Å². The molecule has 0 atom stereocenters. The second-order valence-corrected chi connectivity index (χ2v) is 9.33. The molecule has 5 rings (SSSR count). The van der Waals surface area contributed by atoms with Crippen molar-refractivity contribution in [2.24, 2.45) is 10.1 Å². The van der Waals surface area contributed by atoms with E-state index in [2.05, 4.69) is 11.4 Å². The topological polar surface area (TPSA) is 91.8 Å². The average Bonchev–Trinajstić information content (AvgIpc) is 3.27. The van der Waals surface area contributed by atoms with E-state index < -0.39 is 0 Å². The largest absolute Gasteiger partial charge is 0.482 e. The molecule has 0 saturated carbocycles. The van der Waals surface area contributed by atoms with Crippen molar-refractivity contribution in [2.45, 2.75) is 20.8 Å². The summed E-state index contributed by atoms with van der Waals surface area (Å²) < 4.78 is 7.35. The Bertz CT molecular complexity index is 1600. The molecule has 0 saturated heterocycles. The molecule has 36 heavy (non-hydrogen) atoms. The molecule has 0 aliphatic carbocycles. The monoisotopic (exact) mass is 493 g/mol. The van der Waals surface area contributed by atoms with Gasteiger partial charge in [-0.25, -0.2) is 9.67 Å². The first-order valence-corrected chi connectivity index (χ1v) is 12.3. The van der Waals surface area contributed by atoms with Gasteiger partial charge in [-0.2, -0.15) is 10.4 Å². The summed E-state index contributed by atoms with van der Waals surface area (Å²) in [6.07, 6.45) is 0. The van der Waals surface area contributed by atoms with Crippen LogP contribution in [-0.2, 0) is 4.79 Å². The van der Waals surface area contributed by atoms with Gasteiger partial charge in [-0.3, -0.25) is 4.79 Å². The summed E-state index contributed by atoms with van der Waals surface area (Å²) >= 11 is 1.49. The van der Waals surface area contributed by atoms with Crippen molar-refractivity contribution in [2.75, 3.05) is 11.9 Å². The lowest BCUT2D eigenvalue weighted by Crippen LogP contribution is -2.25. The van der Waals surface area contributed by atoms with Crippen LogP contribution in [0.1, 0.15) is 29.2 Å². The van der Waals surface area contributed by atoms with Gasteiger partial charge in [0.15, 0.2) is 6.61 Å². The van der Waals surface area contributed by atoms with Crippen molar-refractivity contribution >= 4 is 34.3 Å². The number of thiazole rings is 1. The number of carbonyl (C=O) groups excluding carboxylic acids is 1. The van der Waals surface area contributed by atoms with Crippen LogP contribution in [0.25, 0.3) is 11.3 Å². The fraction of sp³-hybridized carbons (Fsp3) is 0.143. The first-order valence-electron chi connectivity index (χ1n) is 11.4. The van der Waals surface area contributed by atoms with Crippen LogP contribution in [0, 0.1) is 25.2 Å². The third-order valence-corrected chi connectivity index (χ3v) is 6.74. The molecule has 1 amide bonds. The second kappa shape index (κ2) is 9.64. The SMILES string of the molecule is CC(=Nn1c(-c2ccc3c(c2)NC(=O)CO3)csc1=Nc1c(C)cccc1C)c1ccc(C#N)cc1. The Morgan fingerprint density at radius 1 is 1.11 bits per heavy atom. The number of anilines is 1. The quantitative estimate of drug-likeness (QED) is 0.378. The Kier molecular flexibility index (Phi) is 6.23. The van der Waals surface area contributed by atoms with E-state index in [9.17, 15) is 4.79 Å². The highest BCUT2D eigenvalue weighted by molar-refractivity contribution is 7.07. The Morgan fingerprint density at radius 3 is 2.58 bits per heavy atom. The Hall–Kier alpha value is -4.48. The molecule has 0 bridgehead atoms.